The summed E-state index contributed by atoms with van der Waals surface area (Å²) in [4.78, 5) is 0. The lowest BCUT2D eigenvalue weighted by Crippen LogP contribution is -2.44. The number of rotatable bonds is 3. The molecule has 0 spiro atoms. The van der Waals surface area contributed by atoms with Crippen LogP contribution in [-0.4, -0.2) is 26.8 Å². The second-order valence-corrected chi connectivity index (χ2v) is 9.22. The van der Waals surface area contributed by atoms with Crippen LogP contribution in [0.2, 0.25) is 0 Å². The van der Waals surface area contributed by atoms with Gasteiger partial charge in [0.2, 0.25) is 20.0 Å². The minimum Gasteiger partial charge on any atom is -0.211 e. The summed E-state index contributed by atoms with van der Waals surface area (Å²) in [6, 6.07) is 0. The van der Waals surface area contributed by atoms with Crippen molar-refractivity contribution < 1.29 is 16.8 Å². The molecular formula is C7H17NO4S2. The van der Waals surface area contributed by atoms with Crippen molar-refractivity contribution in [3.05, 3.63) is 0 Å². The fourth-order valence-electron chi connectivity index (χ4n) is 0.374. The smallest absolute Gasteiger partial charge is 0.211 e. The molecule has 0 rings (SSSR count). The molecule has 5 nitrogen and oxygen atoms in total. The van der Waals surface area contributed by atoms with Gasteiger partial charge in [0.1, 0.15) is 0 Å². The lowest BCUT2D eigenvalue weighted by atomic mass is 10.3. The van der Waals surface area contributed by atoms with Gasteiger partial charge in [0.15, 0.2) is 0 Å². The van der Waals surface area contributed by atoms with Crippen molar-refractivity contribution in [1.29, 1.82) is 0 Å². The summed E-state index contributed by atoms with van der Waals surface area (Å²) in [6.45, 7) is 7.14. The van der Waals surface area contributed by atoms with Crippen molar-refractivity contribution in [2.24, 2.45) is 0 Å². The zero-order valence-corrected chi connectivity index (χ0v) is 10.7. The Hall–Kier alpha value is -0.140. The molecule has 0 amide bonds. The fourth-order valence-corrected chi connectivity index (χ4v) is 3.37. The predicted octanol–water partition coefficient (Wildman–Crippen LogP) is 0.442. The first kappa shape index (κ1) is 13.9. The predicted molar refractivity (Wildman–Crippen MR) is 55.9 cm³/mol. The van der Waals surface area contributed by atoms with Crippen LogP contribution in [0.25, 0.3) is 0 Å². The molecule has 0 aromatic carbocycles. The molecule has 0 aromatic heterocycles. The van der Waals surface area contributed by atoms with Crippen LogP contribution in [0.15, 0.2) is 0 Å². The molecule has 1 N–H and O–H groups in total. The Labute approximate surface area is 86.0 Å². The highest BCUT2D eigenvalue weighted by molar-refractivity contribution is 8.05. The lowest BCUT2D eigenvalue weighted by molar-refractivity contribution is 0.547. The molecule has 0 atom stereocenters. The van der Waals surface area contributed by atoms with Crippen LogP contribution in [0.4, 0.5) is 0 Å². The van der Waals surface area contributed by atoms with Gasteiger partial charge in [-0.05, 0) is 34.6 Å². The van der Waals surface area contributed by atoms with Gasteiger partial charge in [-0.25, -0.2) is 16.8 Å². The van der Waals surface area contributed by atoms with Crippen molar-refractivity contribution >= 4 is 20.0 Å². The summed E-state index contributed by atoms with van der Waals surface area (Å²) in [7, 11) is -7.62. The highest BCUT2D eigenvalue weighted by Crippen LogP contribution is 2.15. The average Bonchev–Trinajstić information content (AvgIpc) is 1.80. The quantitative estimate of drug-likeness (QED) is 0.780. The fraction of sp³-hybridized carbons (Fsp3) is 1.00. The molecule has 0 aliphatic carbocycles. The van der Waals surface area contributed by atoms with E-state index in [0.717, 1.165) is 0 Å². The summed E-state index contributed by atoms with van der Waals surface area (Å²) >= 11 is 0. The molecule has 0 bridgehead atoms. The number of hydrogen-bond donors (Lipinski definition) is 1. The molecular weight excluding hydrogens is 226 g/mol. The first-order chi connectivity index (χ1) is 5.90. The van der Waals surface area contributed by atoms with E-state index in [2.05, 4.69) is 0 Å². The van der Waals surface area contributed by atoms with Crippen molar-refractivity contribution in [3.63, 3.8) is 0 Å². The molecule has 0 aliphatic rings. The van der Waals surface area contributed by atoms with Gasteiger partial charge in [-0.1, -0.05) is 0 Å². The summed E-state index contributed by atoms with van der Waals surface area (Å²) in [5.74, 6) is 0. The van der Waals surface area contributed by atoms with Crippen LogP contribution in [0.5, 0.6) is 0 Å². The third-order valence-corrected chi connectivity index (χ3v) is 6.31. The molecule has 7 heteroatoms. The first-order valence-corrected chi connectivity index (χ1v) is 7.20. The monoisotopic (exact) mass is 243 g/mol. The Bertz CT molecular complexity index is 386. The molecule has 0 saturated heterocycles. The summed E-state index contributed by atoms with van der Waals surface area (Å²) in [5, 5.41) is -0.764. The topological polar surface area (TPSA) is 80.3 Å². The second kappa shape index (κ2) is 3.79. The average molecular weight is 243 g/mol. The number of nitrogens with one attached hydrogen (secondary N) is 1. The van der Waals surface area contributed by atoms with E-state index in [1.807, 2.05) is 0 Å². The zero-order chi connectivity index (χ0) is 11.8. The van der Waals surface area contributed by atoms with Crippen LogP contribution in [-0.2, 0) is 20.0 Å². The van der Waals surface area contributed by atoms with E-state index in [1.54, 1.807) is 4.13 Å². The van der Waals surface area contributed by atoms with E-state index in [-0.39, 0.29) is 0 Å². The molecule has 0 heterocycles. The van der Waals surface area contributed by atoms with Crippen LogP contribution in [0, 0.1) is 0 Å². The molecule has 86 valence electrons. The molecule has 14 heavy (non-hydrogen) atoms. The van der Waals surface area contributed by atoms with Crippen molar-refractivity contribution in [2.75, 3.05) is 0 Å². The third kappa shape index (κ3) is 3.21. The molecule has 0 unspecified atom stereocenters. The van der Waals surface area contributed by atoms with Gasteiger partial charge in [-0.15, -0.1) is 4.13 Å². The van der Waals surface area contributed by atoms with Gasteiger partial charge in [0.05, 0.1) is 10.00 Å². The molecule has 0 aromatic rings. The molecule has 0 radical (unpaired) electrons. The molecule has 0 fully saturated rings. The van der Waals surface area contributed by atoms with Crippen molar-refractivity contribution in [3.8, 4) is 0 Å². The van der Waals surface area contributed by atoms with Crippen molar-refractivity contribution in [1.82, 2.24) is 4.13 Å². The standard InChI is InChI=1S/C7H17NO4S2/c1-6(2)13(9,10)8-14(11,12)7(3,4)5/h6,8H,1-5H3. The maximum absolute atomic E-state index is 11.5. The normalized spacial score (nSPS) is 14.7. The first-order valence-electron chi connectivity index (χ1n) is 4.17. The van der Waals surface area contributed by atoms with E-state index in [1.165, 1.54) is 34.6 Å². The highest BCUT2D eigenvalue weighted by atomic mass is 32.3. The van der Waals surface area contributed by atoms with E-state index in [4.69, 9.17) is 0 Å². The Morgan fingerprint density at radius 3 is 1.57 bits per heavy atom. The van der Waals surface area contributed by atoms with E-state index in [9.17, 15) is 16.8 Å². The van der Waals surface area contributed by atoms with Gasteiger partial charge < -0.3 is 0 Å². The maximum Gasteiger partial charge on any atom is 0.229 e. The Kier molecular flexibility index (Phi) is 3.75. The van der Waals surface area contributed by atoms with Gasteiger partial charge >= 0.3 is 0 Å². The molecule has 0 saturated carbocycles. The second-order valence-electron chi connectivity index (χ2n) is 4.29. The summed E-state index contributed by atoms with van der Waals surface area (Å²) in [6.07, 6.45) is 0. The van der Waals surface area contributed by atoms with Crippen LogP contribution >= 0.6 is 0 Å². The maximum atomic E-state index is 11.5. The Morgan fingerprint density at radius 1 is 1.00 bits per heavy atom. The van der Waals surface area contributed by atoms with Crippen LogP contribution < -0.4 is 4.13 Å². The SMILES string of the molecule is CC(C)S(=O)(=O)NS(=O)(=O)C(C)(C)C. The Balaban J connectivity index is 5.09. The van der Waals surface area contributed by atoms with E-state index in [0.29, 0.717) is 0 Å². The van der Waals surface area contributed by atoms with E-state index >= 15 is 0 Å². The minimum absolute atomic E-state index is 0.764. The van der Waals surface area contributed by atoms with E-state index < -0.39 is 30.0 Å². The van der Waals surface area contributed by atoms with Gasteiger partial charge in [-0.3, -0.25) is 0 Å². The largest absolute Gasteiger partial charge is 0.229 e. The summed E-state index contributed by atoms with van der Waals surface area (Å²) < 4.78 is 46.2. The van der Waals surface area contributed by atoms with Crippen molar-refractivity contribution in [2.45, 2.75) is 44.6 Å². The Morgan fingerprint density at radius 2 is 1.36 bits per heavy atom. The highest BCUT2D eigenvalue weighted by Gasteiger charge is 2.34. The number of sulfonamides is 2. The van der Waals surface area contributed by atoms with Crippen LogP contribution in [0.1, 0.15) is 34.6 Å². The summed E-state index contributed by atoms with van der Waals surface area (Å²) in [5.41, 5.74) is 0. The van der Waals surface area contributed by atoms with Gasteiger partial charge in [0, 0.05) is 0 Å². The van der Waals surface area contributed by atoms with Gasteiger partial charge in [0.25, 0.3) is 0 Å². The minimum atomic E-state index is -3.84. The molecule has 0 aliphatic heterocycles. The van der Waals surface area contributed by atoms with Gasteiger partial charge in [-0.2, -0.15) is 0 Å². The van der Waals surface area contributed by atoms with Crippen LogP contribution in [0.3, 0.4) is 0 Å². The lowest BCUT2D eigenvalue weighted by Gasteiger charge is -2.20. The zero-order valence-electron chi connectivity index (χ0n) is 9.03. The third-order valence-electron chi connectivity index (χ3n) is 1.65. The number of hydrogen-bond acceptors (Lipinski definition) is 4.